The molecule has 1 N–H and O–H groups in total. The van der Waals surface area contributed by atoms with Crippen molar-refractivity contribution in [2.75, 3.05) is 0 Å². The molecule has 0 saturated heterocycles. The van der Waals surface area contributed by atoms with E-state index in [-0.39, 0.29) is 17.4 Å². The van der Waals surface area contributed by atoms with Crippen LogP contribution < -0.4 is 10.9 Å². The van der Waals surface area contributed by atoms with Crippen LogP contribution >= 0.6 is 27.7 Å². The van der Waals surface area contributed by atoms with E-state index in [0.717, 1.165) is 23.7 Å². The molecule has 160 valence electrons. The number of hydrogen-bond acceptors (Lipinski definition) is 5. The molecule has 0 radical (unpaired) electrons. The van der Waals surface area contributed by atoms with Crippen molar-refractivity contribution >= 4 is 44.5 Å². The molecule has 8 heteroatoms. The summed E-state index contributed by atoms with van der Waals surface area (Å²) in [4.78, 5) is 30.7. The molecular formula is C22H27BrN4O2S. The molecule has 3 rings (SSSR count). The van der Waals surface area contributed by atoms with Crippen molar-refractivity contribution in [2.24, 2.45) is 5.92 Å². The van der Waals surface area contributed by atoms with Gasteiger partial charge in [-0.15, -0.1) is 0 Å². The average molecular weight is 491 g/mol. The Morgan fingerprint density at radius 1 is 1.33 bits per heavy atom. The number of carbonyl (C=O) groups excluding carboxylic acids is 1. The fourth-order valence-corrected chi connectivity index (χ4v) is 5.04. The van der Waals surface area contributed by atoms with E-state index in [9.17, 15) is 14.9 Å². The average Bonchev–Trinajstić information content (AvgIpc) is 2.71. The Bertz CT molecular complexity index is 1040. The van der Waals surface area contributed by atoms with Crippen LogP contribution in [0.3, 0.4) is 0 Å². The van der Waals surface area contributed by atoms with E-state index in [0.29, 0.717) is 35.4 Å². The van der Waals surface area contributed by atoms with E-state index in [1.807, 2.05) is 26.0 Å². The minimum atomic E-state index is -0.773. The summed E-state index contributed by atoms with van der Waals surface area (Å²) in [5.74, 6) is 0.0615. The van der Waals surface area contributed by atoms with E-state index < -0.39 is 10.8 Å². The Morgan fingerprint density at radius 3 is 2.67 bits per heavy atom. The summed E-state index contributed by atoms with van der Waals surface area (Å²) in [6.45, 7) is 6.41. The normalized spacial score (nSPS) is 16.9. The fourth-order valence-electron chi connectivity index (χ4n) is 3.76. The minimum absolute atomic E-state index is 0.106. The van der Waals surface area contributed by atoms with Gasteiger partial charge in [-0.1, -0.05) is 60.8 Å². The van der Waals surface area contributed by atoms with E-state index in [4.69, 9.17) is 4.98 Å². The maximum atomic E-state index is 13.1. The van der Waals surface area contributed by atoms with E-state index in [2.05, 4.69) is 27.3 Å². The largest absolute Gasteiger partial charge is 0.337 e. The number of amides is 1. The van der Waals surface area contributed by atoms with Crippen LogP contribution in [0.25, 0.3) is 10.9 Å². The molecule has 1 amide bonds. The highest BCUT2D eigenvalue weighted by molar-refractivity contribution is 9.10. The highest BCUT2D eigenvalue weighted by atomic mass is 79.9. The first kappa shape index (κ1) is 22.8. The van der Waals surface area contributed by atoms with Gasteiger partial charge in [0.25, 0.3) is 5.56 Å². The Balaban J connectivity index is 1.89. The summed E-state index contributed by atoms with van der Waals surface area (Å²) in [5, 5.41) is 13.2. The third-order valence-corrected chi connectivity index (χ3v) is 6.95. The highest BCUT2D eigenvalue weighted by Gasteiger charge is 2.35. The number of fused-ring (bicyclic) bond motifs is 1. The summed E-state index contributed by atoms with van der Waals surface area (Å²) < 4.78 is 2.49. The van der Waals surface area contributed by atoms with Crippen molar-refractivity contribution < 1.29 is 4.79 Å². The first-order valence-electron chi connectivity index (χ1n) is 10.3. The van der Waals surface area contributed by atoms with E-state index in [1.165, 1.54) is 11.8 Å². The molecule has 1 aliphatic rings. The van der Waals surface area contributed by atoms with Crippen LogP contribution in [0.15, 0.2) is 32.6 Å². The van der Waals surface area contributed by atoms with Crippen molar-refractivity contribution in [1.82, 2.24) is 14.9 Å². The number of nitrogens with one attached hydrogen (secondary N) is 1. The topological polar surface area (TPSA) is 87.8 Å². The summed E-state index contributed by atoms with van der Waals surface area (Å²) >= 11 is 4.69. The first-order valence-corrected chi connectivity index (χ1v) is 12.0. The van der Waals surface area contributed by atoms with E-state index in [1.54, 1.807) is 17.6 Å². The van der Waals surface area contributed by atoms with Crippen LogP contribution in [0, 0.1) is 17.2 Å². The predicted molar refractivity (Wildman–Crippen MR) is 123 cm³/mol. The molecule has 30 heavy (non-hydrogen) atoms. The van der Waals surface area contributed by atoms with Crippen LogP contribution in [0.1, 0.15) is 52.9 Å². The van der Waals surface area contributed by atoms with Gasteiger partial charge in [0.15, 0.2) is 5.16 Å². The number of hydrogen-bond donors (Lipinski definition) is 1. The van der Waals surface area contributed by atoms with Gasteiger partial charge in [-0.2, -0.15) is 5.26 Å². The smallest absolute Gasteiger partial charge is 0.262 e. The number of rotatable bonds is 6. The summed E-state index contributed by atoms with van der Waals surface area (Å²) in [5.41, 5.74) is -0.268. The van der Waals surface area contributed by atoms with Gasteiger partial charge in [0.2, 0.25) is 5.91 Å². The number of nitrogens with zero attached hydrogens (tertiary/aromatic N) is 3. The van der Waals surface area contributed by atoms with Crippen molar-refractivity contribution in [3.63, 3.8) is 0 Å². The van der Waals surface area contributed by atoms with Crippen LogP contribution in [-0.4, -0.2) is 26.2 Å². The number of halogens is 1. The Hall–Kier alpha value is -1.85. The summed E-state index contributed by atoms with van der Waals surface area (Å²) in [6.07, 6.45) is 4.37. The first-order chi connectivity index (χ1) is 14.2. The van der Waals surface area contributed by atoms with Crippen molar-refractivity contribution in [3.05, 3.63) is 33.0 Å². The lowest BCUT2D eigenvalue weighted by Gasteiger charge is -2.32. The Morgan fingerprint density at radius 2 is 2.03 bits per heavy atom. The number of thioether (sulfide) groups is 1. The van der Waals surface area contributed by atoms with Crippen LogP contribution in [0.5, 0.6) is 0 Å². The minimum Gasteiger partial charge on any atom is -0.337 e. The maximum absolute atomic E-state index is 13.1. The lowest BCUT2D eigenvalue weighted by Crippen LogP contribution is -2.51. The monoisotopic (exact) mass is 490 g/mol. The SMILES string of the molecule is CC(C)Cn1c(SC(C)C(=O)NC2(C#N)CCCCC2)nc2ccc(Br)cc2c1=O. The second-order valence-corrected chi connectivity index (χ2v) is 10.6. The molecule has 6 nitrogen and oxygen atoms in total. The molecule has 1 fully saturated rings. The van der Waals surface area contributed by atoms with Crippen molar-refractivity contribution in [3.8, 4) is 6.07 Å². The van der Waals surface area contributed by atoms with Crippen molar-refractivity contribution in [1.29, 1.82) is 5.26 Å². The zero-order valence-corrected chi connectivity index (χ0v) is 20.0. The molecule has 1 aromatic heterocycles. The lowest BCUT2D eigenvalue weighted by molar-refractivity contribution is -0.121. The lowest BCUT2D eigenvalue weighted by atomic mass is 9.83. The number of aromatic nitrogens is 2. The molecule has 1 heterocycles. The maximum Gasteiger partial charge on any atom is 0.262 e. The third kappa shape index (κ3) is 5.06. The van der Waals surface area contributed by atoms with Gasteiger partial charge >= 0.3 is 0 Å². The standard InChI is InChI=1S/C22H27BrN4O2S/c1-14(2)12-27-20(29)17-11-16(23)7-8-18(17)25-21(27)30-15(3)19(28)26-22(13-24)9-5-4-6-10-22/h7-8,11,14-15H,4-6,9-10,12H2,1-3H3,(H,26,28). The molecule has 1 unspecified atom stereocenters. The molecule has 1 saturated carbocycles. The van der Waals surface area contributed by atoms with Gasteiger partial charge in [-0.3, -0.25) is 14.2 Å². The summed E-state index contributed by atoms with van der Waals surface area (Å²) in [6, 6.07) is 7.77. The Labute approximate surface area is 189 Å². The zero-order valence-electron chi connectivity index (χ0n) is 17.6. The molecule has 1 aromatic carbocycles. The Kier molecular flexibility index (Phi) is 7.25. The highest BCUT2D eigenvalue weighted by Crippen LogP contribution is 2.29. The van der Waals surface area contributed by atoms with Gasteiger partial charge < -0.3 is 5.32 Å². The van der Waals surface area contributed by atoms with Crippen molar-refractivity contribution in [2.45, 2.75) is 75.4 Å². The third-order valence-electron chi connectivity index (χ3n) is 5.36. The number of benzene rings is 1. The van der Waals surface area contributed by atoms with Gasteiger partial charge in [-0.25, -0.2) is 4.98 Å². The van der Waals surface area contributed by atoms with Crippen LogP contribution in [-0.2, 0) is 11.3 Å². The van der Waals surface area contributed by atoms with Crippen LogP contribution in [0.4, 0.5) is 0 Å². The molecule has 1 aliphatic carbocycles. The number of carbonyl (C=O) groups is 1. The quantitative estimate of drug-likeness (QED) is 0.470. The van der Waals surface area contributed by atoms with Gasteiger partial charge in [0.05, 0.1) is 22.2 Å². The van der Waals surface area contributed by atoms with E-state index >= 15 is 0 Å². The second-order valence-electron chi connectivity index (χ2n) is 8.37. The van der Waals surface area contributed by atoms with Gasteiger partial charge in [-0.05, 0) is 43.9 Å². The van der Waals surface area contributed by atoms with Gasteiger partial charge in [0, 0.05) is 11.0 Å². The number of nitriles is 1. The van der Waals surface area contributed by atoms with Gasteiger partial charge in [0.1, 0.15) is 5.54 Å². The second kappa shape index (κ2) is 9.52. The molecular weight excluding hydrogens is 464 g/mol. The summed E-state index contributed by atoms with van der Waals surface area (Å²) in [7, 11) is 0. The molecule has 2 aromatic rings. The molecule has 0 bridgehead atoms. The zero-order chi connectivity index (χ0) is 21.9. The predicted octanol–water partition coefficient (Wildman–Crippen LogP) is 4.64. The molecule has 0 spiro atoms. The molecule has 0 aliphatic heterocycles. The fraction of sp³-hybridized carbons (Fsp3) is 0.545. The molecule has 1 atom stereocenters. The van der Waals surface area contributed by atoms with Crippen LogP contribution in [0.2, 0.25) is 0 Å².